The number of carbonyl (C=O) groups is 1. The van der Waals surface area contributed by atoms with Crippen LogP contribution in [-0.2, 0) is 4.79 Å². The molecule has 1 atom stereocenters. The highest BCUT2D eigenvalue weighted by molar-refractivity contribution is 8.00. The van der Waals surface area contributed by atoms with Crippen LogP contribution < -0.4 is 20.3 Å². The highest BCUT2D eigenvalue weighted by Crippen LogP contribution is 2.31. The zero-order valence-electron chi connectivity index (χ0n) is 19.9. The van der Waals surface area contributed by atoms with E-state index in [-0.39, 0.29) is 11.5 Å². The van der Waals surface area contributed by atoms with E-state index in [0.29, 0.717) is 45.7 Å². The maximum atomic E-state index is 13.5. The molecule has 0 spiro atoms. The van der Waals surface area contributed by atoms with Gasteiger partial charge < -0.3 is 14.8 Å². The monoisotopic (exact) mass is 481 g/mol. The zero-order chi connectivity index (χ0) is 24.1. The first-order chi connectivity index (χ1) is 16.5. The molecule has 3 aromatic rings. The molecule has 1 amide bonds. The number of nitrogens with zero attached hydrogens (tertiary/aromatic N) is 2. The van der Waals surface area contributed by atoms with Crippen LogP contribution in [0, 0.1) is 5.92 Å². The van der Waals surface area contributed by atoms with Crippen molar-refractivity contribution in [1.29, 1.82) is 0 Å². The van der Waals surface area contributed by atoms with Crippen molar-refractivity contribution in [3.8, 4) is 17.2 Å². The fourth-order valence-corrected chi connectivity index (χ4v) is 5.33. The summed E-state index contributed by atoms with van der Waals surface area (Å²) in [6.45, 7) is 2.55. The molecule has 1 aliphatic rings. The number of carbonyl (C=O) groups excluding carboxylic acids is 1. The molecule has 0 bridgehead atoms. The molecule has 1 saturated carbocycles. The molecule has 0 radical (unpaired) electrons. The summed E-state index contributed by atoms with van der Waals surface area (Å²) < 4.78 is 12.3. The highest BCUT2D eigenvalue weighted by Gasteiger charge is 2.22. The number of benzene rings is 2. The average Bonchev–Trinajstić information content (AvgIpc) is 2.87. The van der Waals surface area contributed by atoms with Crippen LogP contribution in [0.3, 0.4) is 0 Å². The predicted molar refractivity (Wildman–Crippen MR) is 135 cm³/mol. The Bertz CT molecular complexity index is 1220. The van der Waals surface area contributed by atoms with Crippen LogP contribution in [0.5, 0.6) is 11.5 Å². The first-order valence-corrected chi connectivity index (χ1v) is 12.6. The Hall–Kier alpha value is -3.00. The van der Waals surface area contributed by atoms with Gasteiger partial charge in [-0.3, -0.25) is 14.2 Å². The van der Waals surface area contributed by atoms with Gasteiger partial charge in [0, 0.05) is 12.6 Å². The van der Waals surface area contributed by atoms with Gasteiger partial charge in [0.25, 0.3) is 5.56 Å². The van der Waals surface area contributed by atoms with E-state index < -0.39 is 5.25 Å². The first kappa shape index (κ1) is 24.1. The van der Waals surface area contributed by atoms with Gasteiger partial charge in [-0.2, -0.15) is 0 Å². The van der Waals surface area contributed by atoms with Crippen molar-refractivity contribution in [2.24, 2.45) is 5.92 Å². The summed E-state index contributed by atoms with van der Waals surface area (Å²) in [5.41, 5.74) is 0.995. The molecule has 1 aromatic heterocycles. The van der Waals surface area contributed by atoms with Gasteiger partial charge in [0.2, 0.25) is 5.91 Å². The van der Waals surface area contributed by atoms with Crippen molar-refractivity contribution in [1.82, 2.24) is 14.9 Å². The lowest BCUT2D eigenvalue weighted by atomic mass is 9.89. The number of rotatable bonds is 8. The summed E-state index contributed by atoms with van der Waals surface area (Å²) >= 11 is 1.28. The number of ether oxygens (including phenoxy) is 2. The Morgan fingerprint density at radius 2 is 1.85 bits per heavy atom. The van der Waals surface area contributed by atoms with Gasteiger partial charge in [0.15, 0.2) is 16.7 Å². The lowest BCUT2D eigenvalue weighted by Crippen LogP contribution is -2.35. The largest absolute Gasteiger partial charge is 0.493 e. The minimum absolute atomic E-state index is 0.0446. The number of hydrogen-bond acceptors (Lipinski definition) is 6. The van der Waals surface area contributed by atoms with Crippen LogP contribution >= 0.6 is 11.8 Å². The van der Waals surface area contributed by atoms with E-state index in [9.17, 15) is 9.59 Å². The first-order valence-electron chi connectivity index (χ1n) is 11.7. The van der Waals surface area contributed by atoms with E-state index in [1.807, 2.05) is 25.1 Å². The Labute approximate surface area is 203 Å². The Balaban J connectivity index is 1.66. The number of methoxy groups -OCH3 is 2. The van der Waals surface area contributed by atoms with E-state index in [1.54, 1.807) is 43.1 Å². The smallest absolute Gasteiger partial charge is 0.266 e. The molecule has 180 valence electrons. The number of hydrogen-bond donors (Lipinski definition) is 1. The van der Waals surface area contributed by atoms with Crippen molar-refractivity contribution in [2.75, 3.05) is 20.8 Å². The highest BCUT2D eigenvalue weighted by atomic mass is 32.2. The Morgan fingerprint density at radius 1 is 1.12 bits per heavy atom. The lowest BCUT2D eigenvalue weighted by molar-refractivity contribution is -0.120. The molecule has 1 unspecified atom stereocenters. The Kier molecular flexibility index (Phi) is 7.77. The molecule has 2 aromatic carbocycles. The van der Waals surface area contributed by atoms with Crippen LogP contribution in [0.2, 0.25) is 0 Å². The van der Waals surface area contributed by atoms with Gasteiger partial charge in [-0.1, -0.05) is 43.2 Å². The minimum Gasteiger partial charge on any atom is -0.493 e. The number of thioether (sulfide) groups is 1. The summed E-state index contributed by atoms with van der Waals surface area (Å²) in [5.74, 6) is 1.59. The molecule has 1 aliphatic carbocycles. The van der Waals surface area contributed by atoms with Gasteiger partial charge in [-0.15, -0.1) is 0 Å². The lowest BCUT2D eigenvalue weighted by Gasteiger charge is -2.23. The fourth-order valence-electron chi connectivity index (χ4n) is 4.37. The second-order valence-electron chi connectivity index (χ2n) is 8.60. The maximum absolute atomic E-state index is 13.5. The normalized spacial score (nSPS) is 15.1. The van der Waals surface area contributed by atoms with E-state index in [0.717, 1.165) is 0 Å². The minimum atomic E-state index is -0.414. The van der Waals surface area contributed by atoms with Gasteiger partial charge in [0.05, 0.1) is 36.1 Å². The molecule has 4 rings (SSSR count). The molecule has 1 fully saturated rings. The number of nitrogens with one attached hydrogen (secondary N) is 1. The fraction of sp³-hybridized carbons (Fsp3) is 0.423. The zero-order valence-corrected chi connectivity index (χ0v) is 20.7. The summed E-state index contributed by atoms with van der Waals surface area (Å²) in [5, 5.41) is 3.66. The van der Waals surface area contributed by atoms with Crippen molar-refractivity contribution < 1.29 is 14.3 Å². The Morgan fingerprint density at radius 3 is 2.59 bits per heavy atom. The molecule has 7 nitrogen and oxygen atoms in total. The van der Waals surface area contributed by atoms with Crippen molar-refractivity contribution >= 4 is 28.6 Å². The van der Waals surface area contributed by atoms with Crippen LogP contribution in [0.25, 0.3) is 16.6 Å². The molecule has 1 heterocycles. The van der Waals surface area contributed by atoms with Crippen molar-refractivity contribution in [3.63, 3.8) is 0 Å². The average molecular weight is 482 g/mol. The van der Waals surface area contributed by atoms with Gasteiger partial charge in [-0.25, -0.2) is 4.98 Å². The third kappa shape index (κ3) is 5.22. The second kappa shape index (κ2) is 11.0. The standard InChI is InChI=1S/C26H31N3O4S/c1-17(24(30)27-16-18-9-5-4-6-10-18)34-26-28-21-12-8-7-11-20(21)25(31)29(26)19-13-14-22(32-2)23(15-19)33-3/h7-8,11-15,17-18H,4-6,9-10,16H2,1-3H3,(H,27,30). The summed E-state index contributed by atoms with van der Waals surface area (Å²) in [6.07, 6.45) is 6.12. The van der Waals surface area contributed by atoms with E-state index >= 15 is 0 Å². The second-order valence-corrected chi connectivity index (χ2v) is 9.91. The summed E-state index contributed by atoms with van der Waals surface area (Å²) in [7, 11) is 3.12. The van der Waals surface area contributed by atoms with Crippen LogP contribution in [-0.4, -0.2) is 41.5 Å². The molecular weight excluding hydrogens is 450 g/mol. The molecule has 8 heteroatoms. The quantitative estimate of drug-likeness (QED) is 0.375. The maximum Gasteiger partial charge on any atom is 0.266 e. The van der Waals surface area contributed by atoms with Crippen LogP contribution in [0.1, 0.15) is 39.0 Å². The third-order valence-electron chi connectivity index (χ3n) is 6.31. The number of amides is 1. The van der Waals surface area contributed by atoms with Gasteiger partial charge in [0.1, 0.15) is 0 Å². The topological polar surface area (TPSA) is 82.5 Å². The van der Waals surface area contributed by atoms with E-state index in [4.69, 9.17) is 14.5 Å². The van der Waals surface area contributed by atoms with E-state index in [1.165, 1.54) is 43.9 Å². The van der Waals surface area contributed by atoms with Crippen molar-refractivity contribution in [3.05, 3.63) is 52.8 Å². The van der Waals surface area contributed by atoms with Crippen LogP contribution in [0.4, 0.5) is 0 Å². The number of para-hydroxylation sites is 1. The van der Waals surface area contributed by atoms with Gasteiger partial charge >= 0.3 is 0 Å². The SMILES string of the molecule is COc1ccc(-n2c(SC(C)C(=O)NCC3CCCCC3)nc3ccccc3c2=O)cc1OC. The van der Waals surface area contributed by atoms with E-state index in [2.05, 4.69) is 5.32 Å². The molecule has 1 N–H and O–H groups in total. The van der Waals surface area contributed by atoms with Crippen molar-refractivity contribution in [2.45, 2.75) is 49.4 Å². The van der Waals surface area contributed by atoms with Gasteiger partial charge in [-0.05, 0) is 49.9 Å². The molecule has 0 saturated heterocycles. The number of aromatic nitrogens is 2. The molecule has 34 heavy (non-hydrogen) atoms. The summed E-state index contributed by atoms with van der Waals surface area (Å²) in [6, 6.07) is 12.5. The predicted octanol–water partition coefficient (Wildman–Crippen LogP) is 4.58. The third-order valence-corrected chi connectivity index (χ3v) is 7.36. The summed E-state index contributed by atoms with van der Waals surface area (Å²) in [4.78, 5) is 31.2. The van der Waals surface area contributed by atoms with Crippen LogP contribution in [0.15, 0.2) is 52.4 Å². The molecule has 0 aliphatic heterocycles. The molecular formula is C26H31N3O4S. The number of fused-ring (bicyclic) bond motifs is 1.